The molecule has 1 aliphatic rings. The number of nitrogens with one attached hydrogen (secondary N) is 1. The molecule has 0 saturated carbocycles. The van der Waals surface area contributed by atoms with E-state index < -0.39 is 30.2 Å². The predicted molar refractivity (Wildman–Crippen MR) is 87.3 cm³/mol. The van der Waals surface area contributed by atoms with Gasteiger partial charge in [0.2, 0.25) is 0 Å². The van der Waals surface area contributed by atoms with E-state index in [0.717, 1.165) is 0 Å². The Bertz CT molecular complexity index is 567. The molecule has 1 aliphatic heterocycles. The Hall–Kier alpha value is -1.51. The van der Waals surface area contributed by atoms with Crippen LogP contribution in [0.15, 0.2) is 23.4 Å². The van der Waals surface area contributed by atoms with Gasteiger partial charge >= 0.3 is 7.12 Å². The summed E-state index contributed by atoms with van der Waals surface area (Å²) in [6, 6.07) is 3.80. The minimum Gasteiger partial charge on any atom is -0.399 e. The number of nitroso groups, excluding NO2 is 1. The van der Waals surface area contributed by atoms with Gasteiger partial charge in [0.15, 0.2) is 0 Å². The van der Waals surface area contributed by atoms with E-state index in [4.69, 9.17) is 14.4 Å². The molecule has 0 bridgehead atoms. The van der Waals surface area contributed by atoms with E-state index in [0.29, 0.717) is 11.2 Å². The van der Waals surface area contributed by atoms with Crippen molar-refractivity contribution in [3.63, 3.8) is 0 Å². The van der Waals surface area contributed by atoms with Gasteiger partial charge in [-0.25, -0.2) is 4.39 Å². The second-order valence-electron chi connectivity index (χ2n) is 6.65. The smallest absolute Gasteiger partial charge is 0.399 e. The molecule has 0 spiro atoms. The van der Waals surface area contributed by atoms with Crippen LogP contribution < -0.4 is 10.8 Å². The Kier molecular flexibility index (Phi) is 5.08. The highest BCUT2D eigenvalue weighted by Gasteiger charge is 2.52. The van der Waals surface area contributed by atoms with Crippen molar-refractivity contribution in [2.45, 2.75) is 44.9 Å². The molecular formula is C15H22BFN2O4. The van der Waals surface area contributed by atoms with Crippen LogP contribution in [0.3, 0.4) is 0 Å². The number of hydrogen-bond donors (Lipinski definition) is 2. The van der Waals surface area contributed by atoms with E-state index in [2.05, 4.69) is 10.5 Å². The van der Waals surface area contributed by atoms with E-state index >= 15 is 0 Å². The lowest BCUT2D eigenvalue weighted by atomic mass is 9.78. The molecule has 1 fully saturated rings. The van der Waals surface area contributed by atoms with Gasteiger partial charge in [0.1, 0.15) is 11.9 Å². The fourth-order valence-corrected chi connectivity index (χ4v) is 2.17. The molecule has 6 nitrogen and oxygen atoms in total. The standard InChI is InChI=1S/C15H22BFN2O4/c1-14(2)15(3,4)23-16(22-14)12-6-5-10(7-13(12)17)18-8-11(9-20)19-21/h5-7,11,18,20H,8-9H2,1-4H3/t11-/m1/s1. The summed E-state index contributed by atoms with van der Waals surface area (Å²) in [4.78, 5) is 10.4. The Morgan fingerprint density at radius 1 is 1.30 bits per heavy atom. The van der Waals surface area contributed by atoms with Crippen molar-refractivity contribution in [2.75, 3.05) is 18.5 Å². The molecule has 2 rings (SSSR count). The first-order valence-electron chi connectivity index (χ1n) is 7.52. The van der Waals surface area contributed by atoms with Gasteiger partial charge in [-0.3, -0.25) is 0 Å². The van der Waals surface area contributed by atoms with Gasteiger partial charge in [0.05, 0.1) is 17.8 Å². The normalized spacial score (nSPS) is 20.3. The van der Waals surface area contributed by atoms with Crippen LogP contribution in [0.25, 0.3) is 0 Å². The second-order valence-corrected chi connectivity index (χ2v) is 6.65. The molecule has 8 heteroatoms. The molecule has 1 aromatic carbocycles. The monoisotopic (exact) mass is 324 g/mol. The molecule has 1 atom stereocenters. The third-order valence-electron chi connectivity index (χ3n) is 4.41. The number of aliphatic hydroxyl groups excluding tert-OH is 1. The van der Waals surface area contributed by atoms with Crippen LogP contribution in [-0.2, 0) is 9.31 Å². The van der Waals surface area contributed by atoms with Crippen LogP contribution in [0.5, 0.6) is 0 Å². The lowest BCUT2D eigenvalue weighted by Gasteiger charge is -2.32. The summed E-state index contributed by atoms with van der Waals surface area (Å²) in [5.41, 5.74) is -0.262. The molecular weight excluding hydrogens is 302 g/mol. The van der Waals surface area contributed by atoms with Gasteiger partial charge in [0.25, 0.3) is 0 Å². The average molecular weight is 324 g/mol. The van der Waals surface area contributed by atoms with E-state index in [9.17, 15) is 9.30 Å². The zero-order valence-corrected chi connectivity index (χ0v) is 13.8. The summed E-state index contributed by atoms with van der Waals surface area (Å²) in [5.74, 6) is -0.465. The summed E-state index contributed by atoms with van der Waals surface area (Å²) < 4.78 is 26.0. The van der Waals surface area contributed by atoms with Crippen LogP contribution in [0.2, 0.25) is 0 Å². The van der Waals surface area contributed by atoms with Crippen molar-refractivity contribution < 1.29 is 18.8 Å². The first kappa shape index (κ1) is 17.8. The molecule has 0 aromatic heterocycles. The van der Waals surface area contributed by atoms with E-state index in [1.807, 2.05) is 27.7 Å². The lowest BCUT2D eigenvalue weighted by Crippen LogP contribution is -2.41. The van der Waals surface area contributed by atoms with Crippen molar-refractivity contribution >= 4 is 18.3 Å². The van der Waals surface area contributed by atoms with E-state index in [1.165, 1.54) is 6.07 Å². The van der Waals surface area contributed by atoms with Crippen molar-refractivity contribution in [1.29, 1.82) is 0 Å². The largest absolute Gasteiger partial charge is 0.497 e. The van der Waals surface area contributed by atoms with Crippen molar-refractivity contribution in [3.8, 4) is 0 Å². The zero-order chi connectivity index (χ0) is 17.3. The first-order chi connectivity index (χ1) is 10.7. The maximum Gasteiger partial charge on any atom is 0.497 e. The lowest BCUT2D eigenvalue weighted by molar-refractivity contribution is 0.00578. The SMILES string of the molecule is CC1(C)OB(c2ccc(NC[C@H](CO)N=O)cc2F)OC1(C)C. The Morgan fingerprint density at radius 3 is 2.39 bits per heavy atom. The van der Waals surface area contributed by atoms with Crippen LogP contribution in [-0.4, -0.2) is 42.6 Å². The molecule has 0 unspecified atom stereocenters. The number of rotatable bonds is 6. The van der Waals surface area contributed by atoms with Crippen LogP contribution in [0.4, 0.5) is 10.1 Å². The summed E-state index contributed by atoms with van der Waals surface area (Å²) in [7, 11) is -0.768. The Balaban J connectivity index is 2.10. The number of anilines is 1. The Labute approximate surface area is 135 Å². The summed E-state index contributed by atoms with van der Waals surface area (Å²) >= 11 is 0. The fourth-order valence-electron chi connectivity index (χ4n) is 2.17. The maximum absolute atomic E-state index is 14.4. The van der Waals surface area contributed by atoms with Gasteiger partial charge in [-0.05, 0) is 39.8 Å². The molecule has 23 heavy (non-hydrogen) atoms. The van der Waals surface area contributed by atoms with Gasteiger partial charge in [-0.15, -0.1) is 0 Å². The average Bonchev–Trinajstić information content (AvgIpc) is 2.68. The highest BCUT2D eigenvalue weighted by molar-refractivity contribution is 6.62. The van der Waals surface area contributed by atoms with Crippen LogP contribution in [0, 0.1) is 10.7 Å². The van der Waals surface area contributed by atoms with Crippen LogP contribution in [0.1, 0.15) is 27.7 Å². The second kappa shape index (κ2) is 6.55. The number of benzene rings is 1. The number of nitrogens with zero attached hydrogens (tertiary/aromatic N) is 1. The van der Waals surface area contributed by atoms with Crippen molar-refractivity contribution in [2.24, 2.45) is 5.18 Å². The molecule has 2 N–H and O–H groups in total. The van der Waals surface area contributed by atoms with Gasteiger partial charge < -0.3 is 19.7 Å². The minimum atomic E-state index is -0.768. The summed E-state index contributed by atoms with van der Waals surface area (Å²) in [6.07, 6.45) is 0. The minimum absolute atomic E-state index is 0.134. The van der Waals surface area contributed by atoms with Crippen molar-refractivity contribution in [1.82, 2.24) is 0 Å². The molecule has 1 heterocycles. The fraction of sp³-hybridized carbons (Fsp3) is 0.600. The van der Waals surface area contributed by atoms with Crippen molar-refractivity contribution in [3.05, 3.63) is 28.9 Å². The molecule has 0 amide bonds. The van der Waals surface area contributed by atoms with Gasteiger partial charge in [-0.1, -0.05) is 11.2 Å². The summed E-state index contributed by atoms with van der Waals surface area (Å²) in [6.45, 7) is 7.40. The summed E-state index contributed by atoms with van der Waals surface area (Å²) in [5, 5.41) is 14.5. The van der Waals surface area contributed by atoms with Crippen LogP contribution >= 0.6 is 0 Å². The van der Waals surface area contributed by atoms with Gasteiger partial charge in [0, 0.05) is 17.7 Å². The number of aliphatic hydroxyl groups is 1. The highest BCUT2D eigenvalue weighted by atomic mass is 19.1. The molecule has 126 valence electrons. The van der Waals surface area contributed by atoms with E-state index in [-0.39, 0.29) is 13.2 Å². The number of hydrogen-bond acceptors (Lipinski definition) is 6. The highest BCUT2D eigenvalue weighted by Crippen LogP contribution is 2.36. The molecule has 0 aliphatic carbocycles. The first-order valence-corrected chi connectivity index (χ1v) is 7.52. The Morgan fingerprint density at radius 2 is 1.91 bits per heavy atom. The zero-order valence-electron chi connectivity index (χ0n) is 13.8. The third kappa shape index (κ3) is 3.71. The molecule has 1 saturated heterocycles. The van der Waals surface area contributed by atoms with E-state index in [1.54, 1.807) is 12.1 Å². The molecule has 1 aromatic rings. The number of halogens is 1. The molecule has 0 radical (unpaired) electrons. The maximum atomic E-state index is 14.4. The predicted octanol–water partition coefficient (Wildman–Crippen LogP) is 1.66. The third-order valence-corrected chi connectivity index (χ3v) is 4.41. The van der Waals surface area contributed by atoms with Gasteiger partial charge in [-0.2, -0.15) is 4.91 Å². The topological polar surface area (TPSA) is 80.1 Å². The quantitative estimate of drug-likeness (QED) is 0.614.